The van der Waals surface area contributed by atoms with Crippen molar-refractivity contribution in [2.24, 2.45) is 0 Å². The fourth-order valence-electron chi connectivity index (χ4n) is 2.59. The number of nitrogens with zero attached hydrogens (tertiary/aromatic N) is 1. The molecule has 1 aromatic heterocycles. The molecular formula is C13H16BrNO2Zn. The SMILES string of the molecule is O=c1ccc(C2C[CH]([Zn][Br])CCO2)cn1C1CC1. The minimum atomic E-state index is -0.532. The second kappa shape index (κ2) is 5.56. The number of ether oxygens (including phenoxy) is 1. The fourth-order valence-corrected chi connectivity index (χ4v) is 7.22. The van der Waals surface area contributed by atoms with Gasteiger partial charge in [0, 0.05) is 0 Å². The summed E-state index contributed by atoms with van der Waals surface area (Å²) in [6, 6.07) is 4.11. The standard InChI is InChI=1S/C13H16NO2.BrH.Zn/c15-13-7-4-10(9-14(13)11-5-6-11)12-3-1-2-8-16-12;;/h1,4,7,9,11-12H,2-3,5-6,8H2;1H;/q;;+1/p-1. The second-order valence-corrected chi connectivity index (χ2v) is 11.8. The van der Waals surface area contributed by atoms with Crippen LogP contribution in [0.5, 0.6) is 0 Å². The van der Waals surface area contributed by atoms with Crippen LogP contribution in [-0.2, 0) is 19.9 Å². The van der Waals surface area contributed by atoms with Gasteiger partial charge in [-0.05, 0) is 0 Å². The van der Waals surface area contributed by atoms with E-state index in [0.717, 1.165) is 30.4 Å². The summed E-state index contributed by atoms with van der Waals surface area (Å²) < 4.78 is 8.66. The van der Waals surface area contributed by atoms with E-state index in [0.29, 0.717) is 6.04 Å². The molecule has 0 aromatic carbocycles. The van der Waals surface area contributed by atoms with Crippen molar-refractivity contribution < 1.29 is 19.9 Å². The zero-order valence-corrected chi connectivity index (χ0v) is 14.9. The van der Waals surface area contributed by atoms with Gasteiger partial charge in [0.15, 0.2) is 0 Å². The first-order chi connectivity index (χ1) is 8.78. The van der Waals surface area contributed by atoms with Gasteiger partial charge in [-0.1, -0.05) is 0 Å². The zero-order valence-electron chi connectivity index (χ0n) is 10.3. The summed E-state index contributed by atoms with van der Waals surface area (Å²) in [6.45, 7) is 0.870. The van der Waals surface area contributed by atoms with Crippen LogP contribution in [-0.4, -0.2) is 11.2 Å². The van der Waals surface area contributed by atoms with E-state index < -0.39 is 15.2 Å². The van der Waals surface area contributed by atoms with Crippen molar-refractivity contribution in [2.75, 3.05) is 6.61 Å². The molecule has 0 amide bonds. The first-order valence-electron chi connectivity index (χ1n) is 6.67. The first-order valence-corrected chi connectivity index (χ1v) is 15.3. The summed E-state index contributed by atoms with van der Waals surface area (Å²) in [4.78, 5) is 11.8. The van der Waals surface area contributed by atoms with Gasteiger partial charge in [-0.25, -0.2) is 0 Å². The van der Waals surface area contributed by atoms with Gasteiger partial charge in [-0.2, -0.15) is 0 Å². The van der Waals surface area contributed by atoms with Gasteiger partial charge in [0.1, 0.15) is 0 Å². The van der Waals surface area contributed by atoms with Crippen molar-refractivity contribution in [2.45, 2.75) is 42.3 Å². The van der Waals surface area contributed by atoms with Gasteiger partial charge in [0.25, 0.3) is 0 Å². The number of rotatable bonds is 3. The summed E-state index contributed by atoms with van der Waals surface area (Å²) in [6.07, 6.45) is 6.88. The number of hydrogen-bond acceptors (Lipinski definition) is 2. The van der Waals surface area contributed by atoms with Crippen LogP contribution >= 0.6 is 13.6 Å². The molecule has 3 nitrogen and oxygen atoms in total. The third-order valence-corrected chi connectivity index (χ3v) is 11.1. The normalized spacial score (nSPS) is 27.8. The van der Waals surface area contributed by atoms with Crippen LogP contribution in [0.15, 0.2) is 23.1 Å². The number of hydrogen-bond donors (Lipinski definition) is 0. The van der Waals surface area contributed by atoms with E-state index >= 15 is 0 Å². The van der Waals surface area contributed by atoms with E-state index in [1.54, 1.807) is 6.07 Å². The molecule has 2 aliphatic rings. The van der Waals surface area contributed by atoms with Crippen LogP contribution < -0.4 is 5.56 Å². The molecule has 3 rings (SSSR count). The first kappa shape index (κ1) is 13.0. The number of pyridine rings is 1. The maximum atomic E-state index is 11.8. The molecule has 1 aliphatic carbocycles. The van der Waals surface area contributed by atoms with E-state index in [1.165, 1.54) is 12.0 Å². The summed E-state index contributed by atoms with van der Waals surface area (Å²) in [5, 5.41) is 0. The molecule has 0 radical (unpaired) electrons. The van der Waals surface area contributed by atoms with Crippen LogP contribution in [0.2, 0.25) is 4.51 Å². The van der Waals surface area contributed by atoms with Gasteiger partial charge in [-0.15, -0.1) is 0 Å². The van der Waals surface area contributed by atoms with Gasteiger partial charge in [0.05, 0.1) is 0 Å². The number of halogens is 1. The van der Waals surface area contributed by atoms with E-state index in [4.69, 9.17) is 4.74 Å². The topological polar surface area (TPSA) is 31.2 Å². The maximum absolute atomic E-state index is 11.8. The minimum absolute atomic E-state index is 0.131. The average molecular weight is 364 g/mol. The molecule has 1 saturated carbocycles. The molecule has 2 atom stereocenters. The Labute approximate surface area is 121 Å². The Hall–Kier alpha value is 0.0134. The molecule has 2 unspecified atom stereocenters. The van der Waals surface area contributed by atoms with E-state index in [9.17, 15) is 4.79 Å². The molecule has 2 fully saturated rings. The van der Waals surface area contributed by atoms with Crippen LogP contribution in [0.1, 0.15) is 43.4 Å². The van der Waals surface area contributed by atoms with E-state index in [2.05, 4.69) is 13.6 Å². The summed E-state index contributed by atoms with van der Waals surface area (Å²) in [5.41, 5.74) is 1.32. The third kappa shape index (κ3) is 2.78. The van der Waals surface area contributed by atoms with Gasteiger partial charge in [-0.3, -0.25) is 0 Å². The Morgan fingerprint density at radius 2 is 2.17 bits per heavy atom. The molecule has 1 aromatic rings. The van der Waals surface area contributed by atoms with Crippen LogP contribution in [0.3, 0.4) is 0 Å². The Bertz CT molecular complexity index is 486. The van der Waals surface area contributed by atoms with Crippen molar-refractivity contribution >= 4 is 13.6 Å². The molecule has 1 saturated heterocycles. The Morgan fingerprint density at radius 3 is 2.89 bits per heavy atom. The summed E-state index contributed by atoms with van der Waals surface area (Å²) in [7, 11) is 0. The fraction of sp³-hybridized carbons (Fsp3) is 0.615. The summed E-state index contributed by atoms with van der Waals surface area (Å²) >= 11 is 3.21. The molecular weight excluding hydrogens is 347 g/mol. The Kier molecular flexibility index (Phi) is 4.02. The average Bonchev–Trinajstić information content (AvgIpc) is 3.24. The van der Waals surface area contributed by atoms with E-state index in [1.807, 2.05) is 16.8 Å². The van der Waals surface area contributed by atoms with Crippen molar-refractivity contribution in [3.8, 4) is 0 Å². The molecule has 0 bridgehead atoms. The van der Waals surface area contributed by atoms with E-state index in [-0.39, 0.29) is 11.7 Å². The quantitative estimate of drug-likeness (QED) is 0.772. The van der Waals surface area contributed by atoms with Crippen molar-refractivity contribution in [1.82, 2.24) is 4.57 Å². The Morgan fingerprint density at radius 1 is 1.33 bits per heavy atom. The third-order valence-electron chi connectivity index (χ3n) is 3.88. The van der Waals surface area contributed by atoms with Gasteiger partial charge in [0.2, 0.25) is 0 Å². The second-order valence-electron chi connectivity index (χ2n) is 5.34. The predicted molar refractivity (Wildman–Crippen MR) is 69.6 cm³/mol. The molecule has 5 heteroatoms. The molecule has 94 valence electrons. The van der Waals surface area contributed by atoms with Crippen molar-refractivity contribution in [3.63, 3.8) is 0 Å². The molecule has 1 aliphatic heterocycles. The predicted octanol–water partition coefficient (Wildman–Crippen LogP) is 3.22. The zero-order chi connectivity index (χ0) is 12.5. The number of aromatic nitrogens is 1. The Balaban J connectivity index is 1.82. The monoisotopic (exact) mass is 361 g/mol. The van der Waals surface area contributed by atoms with Crippen LogP contribution in [0.4, 0.5) is 0 Å². The molecule has 0 spiro atoms. The van der Waals surface area contributed by atoms with Crippen LogP contribution in [0, 0.1) is 0 Å². The van der Waals surface area contributed by atoms with Gasteiger partial charge >= 0.3 is 121 Å². The molecule has 18 heavy (non-hydrogen) atoms. The van der Waals surface area contributed by atoms with Crippen LogP contribution in [0.25, 0.3) is 0 Å². The van der Waals surface area contributed by atoms with Gasteiger partial charge < -0.3 is 0 Å². The molecule has 0 N–H and O–H groups in total. The molecule has 2 heterocycles. The van der Waals surface area contributed by atoms with Crippen molar-refractivity contribution in [1.29, 1.82) is 0 Å². The summed E-state index contributed by atoms with van der Waals surface area (Å²) in [5.74, 6) is 0. The van der Waals surface area contributed by atoms with Crippen molar-refractivity contribution in [3.05, 3.63) is 34.2 Å².